The minimum atomic E-state index is -1.14. The Bertz CT molecular complexity index is 1190. The molecule has 0 spiro atoms. The van der Waals surface area contributed by atoms with Crippen molar-refractivity contribution < 1.29 is 24.3 Å². The minimum Gasteiger partial charge on any atom is -0.477 e. The number of hydrogen-bond donors (Lipinski definition) is 4. The van der Waals surface area contributed by atoms with E-state index in [1.807, 2.05) is 13.8 Å². The summed E-state index contributed by atoms with van der Waals surface area (Å²) in [4.78, 5) is 55.8. The number of nitrogens with zero attached hydrogens (tertiary/aromatic N) is 6. The van der Waals surface area contributed by atoms with E-state index in [4.69, 9.17) is 11.5 Å². The number of β-lactam (4-membered cyclic amide) rings is 1. The summed E-state index contributed by atoms with van der Waals surface area (Å²) in [5.74, 6) is -2.53. The van der Waals surface area contributed by atoms with Gasteiger partial charge >= 0.3 is 5.97 Å². The van der Waals surface area contributed by atoms with Gasteiger partial charge in [0.15, 0.2) is 5.78 Å². The fourth-order valence-electron chi connectivity index (χ4n) is 6.17. The number of ketones is 1. The number of rotatable bonds is 9. The maximum Gasteiger partial charge on any atom is 0.353 e. The third kappa shape index (κ3) is 4.78. The van der Waals surface area contributed by atoms with Crippen molar-refractivity contribution in [3.05, 3.63) is 10.6 Å². The summed E-state index contributed by atoms with van der Waals surface area (Å²) in [5.41, 5.74) is 11.4. The lowest BCUT2D eigenvalue weighted by atomic mass is 9.73. The summed E-state index contributed by atoms with van der Waals surface area (Å²) in [5, 5.41) is 24.4. The molecule has 0 bridgehead atoms. The van der Waals surface area contributed by atoms with Gasteiger partial charge in [-0.05, 0) is 24.0 Å². The van der Waals surface area contributed by atoms with Crippen molar-refractivity contribution in [2.75, 3.05) is 25.4 Å². The average Bonchev–Trinajstić information content (AvgIpc) is 3.62. The Kier molecular flexibility index (Phi) is 7.17. The molecule has 4 aliphatic rings. The molecule has 14 nitrogen and oxygen atoms in total. The van der Waals surface area contributed by atoms with Gasteiger partial charge in [0.1, 0.15) is 12.2 Å². The summed E-state index contributed by atoms with van der Waals surface area (Å²) in [6, 6.07) is -0.633. The molecule has 0 radical (unpaired) electrons. The van der Waals surface area contributed by atoms with Crippen LogP contribution in [0.4, 0.5) is 5.95 Å². The van der Waals surface area contributed by atoms with Gasteiger partial charge in [-0.25, -0.2) is 4.79 Å². The lowest BCUT2D eigenvalue weighted by Gasteiger charge is -2.47. The van der Waals surface area contributed by atoms with E-state index in [9.17, 15) is 24.3 Å². The SMILES string of the molecule is C[C@@H](CC(=O)Cn1nnc(N)n1)[C@H]1C(=O)N2C(C(=O)O)=C(S[C@@H]3CN[C@H](C(=O)N4CC[C@@H](N)C4)C3)[C@H](C)[C@H]12. The maximum atomic E-state index is 13.2. The maximum absolute atomic E-state index is 13.2. The average molecular weight is 548 g/mol. The number of carbonyl (C=O) groups is 4. The Hall–Kier alpha value is -3.04. The van der Waals surface area contributed by atoms with Crippen LogP contribution in [0.25, 0.3) is 0 Å². The molecule has 1 aromatic heterocycles. The van der Waals surface area contributed by atoms with Gasteiger partial charge in [-0.15, -0.1) is 16.9 Å². The van der Waals surface area contributed by atoms with E-state index in [-0.39, 0.29) is 77.4 Å². The number of tetrazole rings is 1. The van der Waals surface area contributed by atoms with Crippen molar-refractivity contribution in [1.29, 1.82) is 0 Å². The van der Waals surface area contributed by atoms with Crippen molar-refractivity contribution in [3.63, 3.8) is 0 Å². The van der Waals surface area contributed by atoms with E-state index < -0.39 is 11.9 Å². The molecule has 3 fully saturated rings. The number of likely N-dealkylation sites (tertiary alicyclic amines) is 1. The molecule has 15 heteroatoms. The lowest BCUT2D eigenvalue weighted by molar-refractivity contribution is -0.160. The fourth-order valence-corrected chi connectivity index (χ4v) is 7.65. The van der Waals surface area contributed by atoms with Crippen LogP contribution in [0.2, 0.25) is 0 Å². The van der Waals surface area contributed by atoms with Gasteiger partial charge in [-0.3, -0.25) is 14.4 Å². The van der Waals surface area contributed by atoms with Gasteiger partial charge in [0.2, 0.25) is 11.8 Å². The molecule has 0 saturated carbocycles. The number of carbonyl (C=O) groups excluding carboxylic acids is 3. The minimum absolute atomic E-state index is 0.000830. The second kappa shape index (κ2) is 10.3. The van der Waals surface area contributed by atoms with Gasteiger partial charge in [-0.1, -0.05) is 18.9 Å². The second-order valence-electron chi connectivity index (χ2n) is 10.7. The first-order valence-corrected chi connectivity index (χ1v) is 13.7. The van der Waals surface area contributed by atoms with Crippen LogP contribution in [-0.4, -0.2) is 102 Å². The van der Waals surface area contributed by atoms with Crippen molar-refractivity contribution in [2.24, 2.45) is 23.5 Å². The molecule has 2 amide bonds. The van der Waals surface area contributed by atoms with Gasteiger partial charge in [0.25, 0.3) is 5.95 Å². The number of aromatic nitrogens is 4. The van der Waals surface area contributed by atoms with Crippen LogP contribution in [0.3, 0.4) is 0 Å². The third-order valence-corrected chi connectivity index (χ3v) is 9.47. The number of nitrogens with two attached hydrogens (primary N) is 2. The fraction of sp³-hybridized carbons (Fsp3) is 0.696. The molecule has 0 aromatic carbocycles. The number of hydrogen-bond acceptors (Lipinski definition) is 11. The Morgan fingerprint density at radius 3 is 2.71 bits per heavy atom. The highest BCUT2D eigenvalue weighted by molar-refractivity contribution is 8.03. The molecular weight excluding hydrogens is 514 g/mol. The topological polar surface area (TPSA) is 203 Å². The lowest BCUT2D eigenvalue weighted by Crippen LogP contribution is -2.62. The van der Waals surface area contributed by atoms with Crippen molar-refractivity contribution in [2.45, 2.75) is 63.0 Å². The first-order chi connectivity index (χ1) is 18.0. The van der Waals surface area contributed by atoms with E-state index in [2.05, 4.69) is 20.7 Å². The van der Waals surface area contributed by atoms with Crippen molar-refractivity contribution in [3.8, 4) is 0 Å². The van der Waals surface area contributed by atoms with Crippen LogP contribution in [0.1, 0.15) is 33.1 Å². The van der Waals surface area contributed by atoms with Gasteiger partial charge in [0.05, 0.1) is 18.0 Å². The van der Waals surface area contributed by atoms with Crippen LogP contribution in [-0.2, 0) is 25.7 Å². The van der Waals surface area contributed by atoms with Crippen LogP contribution in [0.15, 0.2) is 10.6 Å². The number of carboxylic acids is 1. The third-order valence-electron chi connectivity index (χ3n) is 7.96. The molecule has 5 rings (SSSR count). The van der Waals surface area contributed by atoms with Gasteiger partial charge < -0.3 is 31.7 Å². The van der Waals surface area contributed by atoms with Crippen molar-refractivity contribution in [1.82, 2.24) is 35.3 Å². The highest BCUT2D eigenvalue weighted by atomic mass is 32.2. The highest BCUT2D eigenvalue weighted by Crippen LogP contribution is 2.53. The number of fused-ring (bicyclic) bond motifs is 1. The van der Waals surface area contributed by atoms with E-state index in [0.29, 0.717) is 31.0 Å². The number of aliphatic carboxylic acids is 1. The predicted octanol–water partition coefficient (Wildman–Crippen LogP) is -1.35. The Balaban J connectivity index is 1.23. The second-order valence-corrected chi connectivity index (χ2v) is 12.0. The Morgan fingerprint density at radius 1 is 1.32 bits per heavy atom. The summed E-state index contributed by atoms with van der Waals surface area (Å²) in [6.45, 7) is 5.45. The van der Waals surface area contributed by atoms with E-state index in [1.165, 1.54) is 16.7 Å². The number of Topliss-reactive ketones (excluding diaryl/α,β-unsaturated/α-hetero) is 1. The normalized spacial score (nSPS) is 31.5. The van der Waals surface area contributed by atoms with Crippen molar-refractivity contribution >= 4 is 41.3 Å². The molecule has 38 heavy (non-hydrogen) atoms. The Labute approximate surface area is 223 Å². The summed E-state index contributed by atoms with van der Waals surface area (Å²) in [6.07, 6.45) is 1.49. The van der Waals surface area contributed by atoms with Gasteiger partial charge in [0, 0.05) is 48.2 Å². The zero-order chi connectivity index (χ0) is 27.3. The largest absolute Gasteiger partial charge is 0.477 e. The molecular formula is C23H33N9O5S. The number of nitrogens with one attached hydrogen (secondary N) is 1. The number of amides is 2. The predicted molar refractivity (Wildman–Crippen MR) is 136 cm³/mol. The summed E-state index contributed by atoms with van der Waals surface area (Å²) >= 11 is 1.45. The molecule has 7 atom stereocenters. The zero-order valence-corrected chi connectivity index (χ0v) is 22.1. The number of thioether (sulfide) groups is 1. The van der Waals surface area contributed by atoms with Crippen LogP contribution in [0.5, 0.6) is 0 Å². The molecule has 6 N–H and O–H groups in total. The molecule has 1 aromatic rings. The van der Waals surface area contributed by atoms with Crippen LogP contribution >= 0.6 is 11.8 Å². The van der Waals surface area contributed by atoms with E-state index >= 15 is 0 Å². The molecule has 4 aliphatic heterocycles. The quantitative estimate of drug-likeness (QED) is 0.265. The Morgan fingerprint density at radius 2 is 2.08 bits per heavy atom. The van der Waals surface area contributed by atoms with E-state index in [1.54, 1.807) is 4.90 Å². The molecule has 3 saturated heterocycles. The number of nitrogen functional groups attached to an aromatic ring is 1. The standard InChI is InChI=1S/C23H33N9O5S/c1-10(5-13(33)9-31-28-23(25)27-29-31)16-17-11(2)19(18(22(36)37)32(17)21(16)35)38-14-6-15(26-7-14)20(34)30-4-3-12(24)8-30/h10-12,14-17,26H,3-9,24H2,1-2H3,(H2,25,28)(H,36,37)/t10-,11+,12+,14-,15-,16+,17+/m0/s1. The van der Waals surface area contributed by atoms with Crippen LogP contribution in [0, 0.1) is 17.8 Å². The monoisotopic (exact) mass is 547 g/mol. The summed E-state index contributed by atoms with van der Waals surface area (Å²) in [7, 11) is 0. The molecule has 0 aliphatic carbocycles. The van der Waals surface area contributed by atoms with Gasteiger partial charge in [-0.2, -0.15) is 4.80 Å². The van der Waals surface area contributed by atoms with Crippen LogP contribution < -0.4 is 16.8 Å². The molecule has 206 valence electrons. The first kappa shape index (κ1) is 26.6. The molecule has 5 heterocycles. The summed E-state index contributed by atoms with van der Waals surface area (Å²) < 4.78 is 0. The van der Waals surface area contributed by atoms with E-state index in [0.717, 1.165) is 11.2 Å². The number of anilines is 1. The smallest absolute Gasteiger partial charge is 0.353 e. The molecule has 0 unspecified atom stereocenters. The number of carboxylic acid groups (broad SMARTS) is 1. The first-order valence-electron chi connectivity index (χ1n) is 12.8. The zero-order valence-electron chi connectivity index (χ0n) is 21.3. The highest BCUT2D eigenvalue weighted by Gasteiger charge is 2.60.